The Balaban J connectivity index is 0.825. The van der Waals surface area contributed by atoms with Crippen LogP contribution in [0.4, 0.5) is 5.69 Å². The number of thioether (sulfide) groups is 1. The van der Waals surface area contributed by atoms with Crippen LogP contribution in [0.1, 0.15) is 78.3 Å². The lowest BCUT2D eigenvalue weighted by Gasteiger charge is -2.31. The molecule has 0 spiro atoms. The maximum Gasteiger partial charge on any atom is 0.261 e. The van der Waals surface area contributed by atoms with Gasteiger partial charge in [-0.2, -0.15) is 5.10 Å². The Morgan fingerprint density at radius 3 is 2.54 bits per heavy atom. The number of carbonyl (C=O) groups excluding carboxylic acids is 2. The number of benzene rings is 2. The van der Waals surface area contributed by atoms with E-state index in [9.17, 15) is 9.59 Å². The fraction of sp³-hybridized carbons (Fsp3) is 0.325. The Morgan fingerprint density at radius 1 is 0.982 bits per heavy atom. The summed E-state index contributed by atoms with van der Waals surface area (Å²) >= 11 is 1.45. The van der Waals surface area contributed by atoms with Crippen molar-refractivity contribution in [1.82, 2.24) is 54.4 Å². The SMILES string of the molecule is CCC(C)n1c(SCC(=O)N2CCC(c3cc(Cn4cc(-c5ccc(NC(=O)c6cnn7c(C)cc(C)nc67)cc5)nn4)on3)CC2)nnc1-c1ccccc1. The number of nitrogens with zero attached hydrogens (tertiary/aromatic N) is 11. The first kappa shape index (κ1) is 36.8. The summed E-state index contributed by atoms with van der Waals surface area (Å²) in [6, 6.07) is 21.6. The van der Waals surface area contributed by atoms with Crippen LogP contribution in [0.5, 0.6) is 0 Å². The number of likely N-dealkylation sites (tertiary alicyclic amines) is 1. The first-order valence-corrected chi connectivity index (χ1v) is 19.7. The molecule has 5 aromatic heterocycles. The second-order valence-electron chi connectivity index (χ2n) is 14.1. The number of aromatic nitrogens is 10. The number of fused-ring (bicyclic) bond motifs is 1. The van der Waals surface area contributed by atoms with E-state index in [0.717, 1.165) is 58.5 Å². The molecule has 0 saturated carbocycles. The van der Waals surface area contributed by atoms with Gasteiger partial charge in [0.05, 0.1) is 23.8 Å². The molecule has 1 N–H and O–H groups in total. The maximum absolute atomic E-state index is 13.3. The first-order valence-electron chi connectivity index (χ1n) is 18.7. The lowest BCUT2D eigenvalue weighted by atomic mass is 9.93. The summed E-state index contributed by atoms with van der Waals surface area (Å²) < 4.78 is 11.2. The van der Waals surface area contributed by atoms with Crippen LogP contribution in [0.3, 0.4) is 0 Å². The van der Waals surface area contributed by atoms with Crippen LogP contribution in [0.25, 0.3) is 28.3 Å². The van der Waals surface area contributed by atoms with E-state index in [1.54, 1.807) is 9.20 Å². The smallest absolute Gasteiger partial charge is 0.261 e. The van der Waals surface area contributed by atoms with E-state index < -0.39 is 0 Å². The summed E-state index contributed by atoms with van der Waals surface area (Å²) in [4.78, 5) is 32.8. The molecule has 1 atom stereocenters. The number of hydrogen-bond acceptors (Lipinski definition) is 11. The molecule has 1 unspecified atom stereocenters. The third-order valence-corrected chi connectivity index (χ3v) is 11.1. The van der Waals surface area contributed by atoms with Crippen molar-refractivity contribution in [1.29, 1.82) is 0 Å². The van der Waals surface area contributed by atoms with Crippen molar-refractivity contribution in [2.24, 2.45) is 0 Å². The number of nitrogens with one attached hydrogen (secondary N) is 1. The zero-order valence-corrected chi connectivity index (χ0v) is 32.5. The van der Waals surface area contributed by atoms with E-state index in [1.807, 2.05) is 91.7 Å². The molecular formula is C40H42N12O3S. The Morgan fingerprint density at radius 2 is 1.77 bits per heavy atom. The highest BCUT2D eigenvalue weighted by Gasteiger charge is 2.27. The highest BCUT2D eigenvalue weighted by Crippen LogP contribution is 2.31. The number of anilines is 1. The molecule has 16 heteroatoms. The predicted molar refractivity (Wildman–Crippen MR) is 211 cm³/mol. The van der Waals surface area contributed by atoms with Crippen LogP contribution in [0.15, 0.2) is 88.8 Å². The normalized spacial score (nSPS) is 14.0. The summed E-state index contributed by atoms with van der Waals surface area (Å²) in [5.41, 5.74) is 6.73. The largest absolute Gasteiger partial charge is 0.359 e. The minimum atomic E-state index is -0.284. The summed E-state index contributed by atoms with van der Waals surface area (Å²) in [5, 5.41) is 30.0. The minimum absolute atomic E-state index is 0.0988. The van der Waals surface area contributed by atoms with Gasteiger partial charge in [-0.3, -0.25) is 14.2 Å². The third-order valence-electron chi connectivity index (χ3n) is 10.2. The standard InChI is InChI=1S/C40H42N12O3S/c1-5-26(3)51-37(30-9-7-6-8-10-30)45-46-40(51)56-24-36(53)49-17-15-29(16-18-49)34-20-32(55-47-34)22-50-23-35(44-48-50)28-11-13-31(14-12-28)43-39(54)33-21-41-52-27(4)19-25(2)42-38(33)52/h6-14,19-21,23,26,29H,5,15-18,22,24H2,1-4H3,(H,43,54). The number of aryl methyl sites for hydroxylation is 2. The molecule has 2 aromatic carbocycles. The van der Waals surface area contributed by atoms with E-state index in [-0.39, 0.29) is 23.8 Å². The van der Waals surface area contributed by atoms with Gasteiger partial charge in [-0.15, -0.1) is 15.3 Å². The van der Waals surface area contributed by atoms with Crippen LogP contribution in [0, 0.1) is 13.8 Å². The summed E-state index contributed by atoms with van der Waals surface area (Å²) in [6.45, 7) is 9.81. The van der Waals surface area contributed by atoms with Crippen LogP contribution in [0.2, 0.25) is 0 Å². The number of amides is 2. The lowest BCUT2D eigenvalue weighted by Crippen LogP contribution is -2.39. The fourth-order valence-electron chi connectivity index (χ4n) is 7.00. The highest BCUT2D eigenvalue weighted by molar-refractivity contribution is 7.99. The number of hydrogen-bond donors (Lipinski definition) is 1. The predicted octanol–water partition coefficient (Wildman–Crippen LogP) is 6.62. The van der Waals surface area contributed by atoms with Gasteiger partial charge in [0.2, 0.25) is 5.91 Å². The average Bonchev–Trinajstić information content (AvgIpc) is 4.05. The van der Waals surface area contributed by atoms with Crippen molar-refractivity contribution < 1.29 is 14.1 Å². The second-order valence-corrected chi connectivity index (χ2v) is 15.1. The molecule has 2 amide bonds. The Hall–Kier alpha value is -6.16. The zero-order chi connectivity index (χ0) is 38.8. The van der Waals surface area contributed by atoms with E-state index in [2.05, 4.69) is 59.5 Å². The van der Waals surface area contributed by atoms with Gasteiger partial charge in [0, 0.05) is 59.3 Å². The molecule has 56 heavy (non-hydrogen) atoms. The van der Waals surface area contributed by atoms with Crippen molar-refractivity contribution in [3.63, 3.8) is 0 Å². The summed E-state index contributed by atoms with van der Waals surface area (Å²) in [7, 11) is 0. The van der Waals surface area contributed by atoms with E-state index in [1.165, 1.54) is 18.0 Å². The van der Waals surface area contributed by atoms with Gasteiger partial charge in [0.15, 0.2) is 22.4 Å². The Kier molecular flexibility index (Phi) is 10.4. The lowest BCUT2D eigenvalue weighted by molar-refractivity contribution is -0.129. The fourth-order valence-corrected chi connectivity index (χ4v) is 7.94. The highest BCUT2D eigenvalue weighted by atomic mass is 32.2. The van der Waals surface area contributed by atoms with Crippen molar-refractivity contribution in [3.05, 3.63) is 108 Å². The molecule has 7 aromatic rings. The maximum atomic E-state index is 13.3. The molecule has 0 radical (unpaired) electrons. The van der Waals surface area contributed by atoms with Crippen LogP contribution in [-0.2, 0) is 11.3 Å². The van der Waals surface area contributed by atoms with Gasteiger partial charge in [0.1, 0.15) is 17.8 Å². The quantitative estimate of drug-likeness (QED) is 0.133. The molecule has 1 aliphatic heterocycles. The van der Waals surface area contributed by atoms with E-state index in [0.29, 0.717) is 53.7 Å². The van der Waals surface area contributed by atoms with Crippen LogP contribution < -0.4 is 5.32 Å². The van der Waals surface area contributed by atoms with Gasteiger partial charge in [0.25, 0.3) is 5.91 Å². The van der Waals surface area contributed by atoms with Crippen molar-refractivity contribution >= 4 is 34.9 Å². The zero-order valence-electron chi connectivity index (χ0n) is 31.7. The molecule has 1 saturated heterocycles. The molecule has 8 rings (SSSR count). The van der Waals surface area contributed by atoms with Crippen LogP contribution >= 0.6 is 11.8 Å². The van der Waals surface area contributed by atoms with Gasteiger partial charge in [-0.25, -0.2) is 14.2 Å². The minimum Gasteiger partial charge on any atom is -0.359 e. The topological polar surface area (TPSA) is 167 Å². The number of carbonyl (C=O) groups is 2. The van der Waals surface area contributed by atoms with Gasteiger partial charge in [-0.1, -0.05) is 71.5 Å². The molecule has 1 aliphatic rings. The molecule has 6 heterocycles. The summed E-state index contributed by atoms with van der Waals surface area (Å²) in [5.74, 6) is 1.83. The number of rotatable bonds is 12. The van der Waals surface area contributed by atoms with E-state index >= 15 is 0 Å². The first-order chi connectivity index (χ1) is 27.2. The molecular weight excluding hydrogens is 729 g/mol. The van der Waals surface area contributed by atoms with Crippen molar-refractivity contribution in [2.75, 3.05) is 24.2 Å². The molecule has 0 aliphatic carbocycles. The van der Waals surface area contributed by atoms with Crippen molar-refractivity contribution in [2.45, 2.75) is 70.6 Å². The Bertz CT molecular complexity index is 2480. The third kappa shape index (κ3) is 7.69. The van der Waals surface area contributed by atoms with Gasteiger partial charge < -0.3 is 14.7 Å². The second kappa shape index (κ2) is 15.9. The van der Waals surface area contributed by atoms with Crippen molar-refractivity contribution in [3.8, 4) is 22.6 Å². The monoisotopic (exact) mass is 770 g/mol. The molecule has 15 nitrogen and oxygen atoms in total. The molecule has 0 bridgehead atoms. The summed E-state index contributed by atoms with van der Waals surface area (Å²) in [6.07, 6.45) is 5.93. The van der Waals surface area contributed by atoms with Crippen LogP contribution in [-0.4, -0.2) is 85.1 Å². The Labute approximate surface area is 327 Å². The van der Waals surface area contributed by atoms with E-state index in [4.69, 9.17) is 4.52 Å². The number of piperidine rings is 1. The molecule has 1 fully saturated rings. The average molecular weight is 771 g/mol. The molecule has 286 valence electrons. The van der Waals surface area contributed by atoms with Gasteiger partial charge >= 0.3 is 0 Å². The van der Waals surface area contributed by atoms with Gasteiger partial charge in [-0.05, 0) is 58.2 Å².